The second kappa shape index (κ2) is 7.56. The maximum atomic E-state index is 13.8. The molecule has 0 atom stereocenters. The molecule has 1 heterocycles. The van der Waals surface area contributed by atoms with Gasteiger partial charge in [0, 0.05) is 27.9 Å². The maximum Gasteiger partial charge on any atom is 0.249 e. The molecule has 0 aliphatic carbocycles. The number of hydrogen-bond acceptors (Lipinski definition) is 1. The molecule has 3 nitrogen and oxygen atoms in total. The van der Waals surface area contributed by atoms with Gasteiger partial charge < -0.3 is 10.3 Å². The molecule has 0 radical (unpaired) electrons. The van der Waals surface area contributed by atoms with Gasteiger partial charge in [-0.25, -0.2) is 4.39 Å². The monoisotopic (exact) mass is 428 g/mol. The fraction of sp³-hybridized carbons (Fsp3) is 0.0385. The molecule has 0 spiro atoms. The first-order valence-electron chi connectivity index (χ1n) is 9.86. The number of aromatic nitrogens is 1. The van der Waals surface area contributed by atoms with Crippen LogP contribution in [0.2, 0.25) is 5.02 Å². The van der Waals surface area contributed by atoms with E-state index >= 15 is 0 Å². The van der Waals surface area contributed by atoms with Crippen molar-refractivity contribution in [2.45, 2.75) is 6.54 Å². The van der Waals surface area contributed by atoms with Crippen molar-refractivity contribution in [1.82, 2.24) is 4.57 Å². The van der Waals surface area contributed by atoms with E-state index in [1.54, 1.807) is 12.1 Å². The van der Waals surface area contributed by atoms with E-state index in [1.165, 1.54) is 12.1 Å². The molecule has 0 saturated carbocycles. The molecular weight excluding hydrogens is 411 g/mol. The van der Waals surface area contributed by atoms with E-state index in [0.717, 1.165) is 38.5 Å². The SMILES string of the molecule is NC(=O)c1cccc2c1c1ccc(-c3ccc(Cl)cc3)cc1n2Cc1cccc(F)c1. The summed E-state index contributed by atoms with van der Waals surface area (Å²) in [5.74, 6) is -0.755. The number of rotatable bonds is 4. The molecule has 0 aliphatic rings. The van der Waals surface area contributed by atoms with Crippen LogP contribution in [0.25, 0.3) is 32.9 Å². The first-order chi connectivity index (χ1) is 15.0. The molecule has 31 heavy (non-hydrogen) atoms. The van der Waals surface area contributed by atoms with E-state index in [9.17, 15) is 9.18 Å². The van der Waals surface area contributed by atoms with Crippen molar-refractivity contribution in [1.29, 1.82) is 0 Å². The number of nitrogens with zero attached hydrogens (tertiary/aromatic N) is 1. The third kappa shape index (κ3) is 3.45. The number of primary amides is 1. The molecular formula is C26H18ClFN2O. The summed E-state index contributed by atoms with van der Waals surface area (Å²) in [4.78, 5) is 12.1. The molecule has 0 aliphatic heterocycles. The second-order valence-electron chi connectivity index (χ2n) is 7.52. The topological polar surface area (TPSA) is 48.0 Å². The summed E-state index contributed by atoms with van der Waals surface area (Å²) in [5.41, 5.74) is 10.9. The zero-order valence-electron chi connectivity index (χ0n) is 16.5. The summed E-state index contributed by atoms with van der Waals surface area (Å²) >= 11 is 6.04. The van der Waals surface area contributed by atoms with Gasteiger partial charge in [0.1, 0.15) is 5.82 Å². The van der Waals surface area contributed by atoms with Crippen molar-refractivity contribution in [2.24, 2.45) is 5.73 Å². The smallest absolute Gasteiger partial charge is 0.249 e. The Balaban J connectivity index is 1.80. The van der Waals surface area contributed by atoms with Gasteiger partial charge in [-0.15, -0.1) is 0 Å². The van der Waals surface area contributed by atoms with E-state index < -0.39 is 5.91 Å². The van der Waals surface area contributed by atoms with Crippen LogP contribution in [0, 0.1) is 5.82 Å². The number of halogens is 2. The zero-order chi connectivity index (χ0) is 21.5. The van der Waals surface area contributed by atoms with Gasteiger partial charge in [0.25, 0.3) is 0 Å². The lowest BCUT2D eigenvalue weighted by atomic mass is 10.0. The summed E-state index contributed by atoms with van der Waals surface area (Å²) in [6.45, 7) is 0.462. The van der Waals surface area contributed by atoms with Crippen LogP contribution in [-0.2, 0) is 6.54 Å². The third-order valence-corrected chi connectivity index (χ3v) is 5.82. The van der Waals surface area contributed by atoms with Gasteiger partial charge in [0.2, 0.25) is 5.91 Å². The number of nitrogens with two attached hydrogens (primary N) is 1. The van der Waals surface area contributed by atoms with Crippen molar-refractivity contribution >= 4 is 39.3 Å². The van der Waals surface area contributed by atoms with Crippen molar-refractivity contribution < 1.29 is 9.18 Å². The fourth-order valence-corrected chi connectivity index (χ4v) is 4.29. The molecule has 4 aromatic carbocycles. The Morgan fingerprint density at radius 3 is 2.35 bits per heavy atom. The van der Waals surface area contributed by atoms with Crippen molar-refractivity contribution in [3.05, 3.63) is 107 Å². The van der Waals surface area contributed by atoms with Gasteiger partial charge >= 0.3 is 0 Å². The number of amides is 1. The van der Waals surface area contributed by atoms with Gasteiger partial charge in [-0.3, -0.25) is 4.79 Å². The Hall–Kier alpha value is -3.63. The summed E-state index contributed by atoms with van der Waals surface area (Å²) < 4.78 is 15.9. The maximum absolute atomic E-state index is 13.8. The summed E-state index contributed by atoms with van der Waals surface area (Å²) in [5, 5.41) is 2.42. The summed E-state index contributed by atoms with van der Waals surface area (Å²) in [7, 11) is 0. The molecule has 0 unspecified atom stereocenters. The Kier molecular flexibility index (Phi) is 4.72. The molecule has 1 aromatic heterocycles. The Bertz CT molecular complexity index is 1450. The molecule has 5 rings (SSSR count). The lowest BCUT2D eigenvalue weighted by Crippen LogP contribution is -2.11. The largest absolute Gasteiger partial charge is 0.366 e. The Morgan fingerprint density at radius 1 is 0.871 bits per heavy atom. The fourth-order valence-electron chi connectivity index (χ4n) is 4.16. The van der Waals surface area contributed by atoms with E-state index in [1.807, 2.05) is 54.6 Å². The molecule has 5 aromatic rings. The van der Waals surface area contributed by atoms with Gasteiger partial charge in [-0.2, -0.15) is 0 Å². The predicted octanol–water partition coefficient (Wildman–Crippen LogP) is 6.40. The van der Waals surface area contributed by atoms with Crippen LogP contribution < -0.4 is 5.73 Å². The molecule has 1 amide bonds. The van der Waals surface area contributed by atoms with Gasteiger partial charge in [0.05, 0.1) is 11.0 Å². The Labute approximate surface area is 183 Å². The van der Waals surface area contributed by atoms with Crippen molar-refractivity contribution in [3.8, 4) is 11.1 Å². The minimum atomic E-state index is -0.475. The summed E-state index contributed by atoms with van der Waals surface area (Å²) in [6, 6.07) is 25.8. The highest BCUT2D eigenvalue weighted by atomic mass is 35.5. The van der Waals surface area contributed by atoms with E-state index in [4.69, 9.17) is 17.3 Å². The molecule has 2 N–H and O–H groups in total. The quantitative estimate of drug-likeness (QED) is 0.353. The van der Waals surface area contributed by atoms with Crippen LogP contribution in [0.1, 0.15) is 15.9 Å². The first kappa shape index (κ1) is 19.3. The second-order valence-corrected chi connectivity index (χ2v) is 7.96. The van der Waals surface area contributed by atoms with Crippen LogP contribution in [-0.4, -0.2) is 10.5 Å². The highest BCUT2D eigenvalue weighted by Crippen LogP contribution is 2.35. The highest BCUT2D eigenvalue weighted by molar-refractivity contribution is 6.30. The first-order valence-corrected chi connectivity index (χ1v) is 10.2. The third-order valence-electron chi connectivity index (χ3n) is 5.56. The molecule has 0 saturated heterocycles. The highest BCUT2D eigenvalue weighted by Gasteiger charge is 2.17. The average molecular weight is 429 g/mol. The molecule has 0 fully saturated rings. The Morgan fingerprint density at radius 2 is 1.61 bits per heavy atom. The minimum absolute atomic E-state index is 0.280. The van der Waals surface area contributed by atoms with Crippen LogP contribution in [0.5, 0.6) is 0 Å². The number of carbonyl (C=O) groups is 1. The van der Waals surface area contributed by atoms with E-state index in [0.29, 0.717) is 17.1 Å². The molecule has 5 heteroatoms. The standard InChI is InChI=1S/C26H18ClFN2O/c27-19-10-7-17(8-11-19)18-9-12-21-24(14-18)30(15-16-3-1-4-20(28)13-16)23-6-2-5-22(25(21)23)26(29)31/h1-14H,15H2,(H2,29,31). The van der Waals surface area contributed by atoms with Gasteiger partial charge in [0.15, 0.2) is 0 Å². The van der Waals surface area contributed by atoms with Gasteiger partial charge in [-0.05, 0) is 59.2 Å². The van der Waals surface area contributed by atoms with Crippen molar-refractivity contribution in [2.75, 3.05) is 0 Å². The predicted molar refractivity (Wildman–Crippen MR) is 124 cm³/mol. The van der Waals surface area contributed by atoms with Gasteiger partial charge in [-0.1, -0.05) is 54.1 Å². The average Bonchev–Trinajstić information content (AvgIpc) is 3.07. The van der Waals surface area contributed by atoms with Crippen LogP contribution in [0.3, 0.4) is 0 Å². The number of benzene rings is 4. The van der Waals surface area contributed by atoms with Crippen molar-refractivity contribution in [3.63, 3.8) is 0 Å². The van der Waals surface area contributed by atoms with Crippen LogP contribution in [0.15, 0.2) is 84.9 Å². The van der Waals surface area contributed by atoms with Crippen LogP contribution in [0.4, 0.5) is 4.39 Å². The summed E-state index contributed by atoms with van der Waals surface area (Å²) in [6.07, 6.45) is 0. The van der Waals surface area contributed by atoms with E-state index in [2.05, 4.69) is 10.6 Å². The number of hydrogen-bond donors (Lipinski definition) is 1. The minimum Gasteiger partial charge on any atom is -0.366 e. The molecule has 152 valence electrons. The lowest BCUT2D eigenvalue weighted by Gasteiger charge is -2.09. The van der Waals surface area contributed by atoms with Crippen LogP contribution >= 0.6 is 11.6 Å². The number of carbonyl (C=O) groups excluding carboxylic acids is 1. The lowest BCUT2D eigenvalue weighted by molar-refractivity contribution is 0.100. The van der Waals surface area contributed by atoms with E-state index in [-0.39, 0.29) is 5.82 Å². The normalized spacial score (nSPS) is 11.3. The molecule has 0 bridgehead atoms. The number of fused-ring (bicyclic) bond motifs is 3. The zero-order valence-corrected chi connectivity index (χ0v) is 17.2.